The van der Waals surface area contributed by atoms with Crippen LogP contribution in [0.2, 0.25) is 0 Å². The van der Waals surface area contributed by atoms with Crippen molar-refractivity contribution in [3.63, 3.8) is 0 Å². The van der Waals surface area contributed by atoms with Gasteiger partial charge in [-0.2, -0.15) is 0 Å². The molecule has 50 heavy (non-hydrogen) atoms. The predicted octanol–water partition coefficient (Wildman–Crippen LogP) is 12.3. The summed E-state index contributed by atoms with van der Waals surface area (Å²) in [6.07, 6.45) is 0. The van der Waals surface area contributed by atoms with Crippen molar-refractivity contribution in [3.8, 4) is 56.4 Å². The van der Waals surface area contributed by atoms with Gasteiger partial charge in [-0.25, -0.2) is 19.9 Å². The highest BCUT2D eigenvalue weighted by molar-refractivity contribution is 7.26. The van der Waals surface area contributed by atoms with E-state index in [-0.39, 0.29) is 0 Å². The first-order valence-electron chi connectivity index (χ1n) is 16.5. The molecule has 6 aromatic carbocycles. The van der Waals surface area contributed by atoms with E-state index in [1.807, 2.05) is 24.3 Å². The first-order chi connectivity index (χ1) is 24.8. The lowest BCUT2D eigenvalue weighted by atomic mass is 9.99. The van der Waals surface area contributed by atoms with E-state index in [2.05, 4.69) is 133 Å². The van der Waals surface area contributed by atoms with Crippen LogP contribution in [0.1, 0.15) is 0 Å². The standard InChI is InChI=1S/C44H26N4S2/c1-3-13-27(14-4-1)37-41-39(33-21-7-9-23-35(33)49-41)48-44(45-37)32-20-12-18-30(26-32)29-17-11-19-31(25-29)38-42-40(34-22-8-10-24-36(34)50-42)47-43(46-38)28-15-5-2-6-16-28/h1-26H. The Labute approximate surface area is 296 Å². The summed E-state index contributed by atoms with van der Waals surface area (Å²) in [5, 5.41) is 2.31. The third-order valence-corrected chi connectivity index (χ3v) is 11.4. The number of benzene rings is 6. The van der Waals surface area contributed by atoms with Gasteiger partial charge in [0.05, 0.1) is 31.8 Å². The van der Waals surface area contributed by atoms with Crippen molar-refractivity contribution in [1.82, 2.24) is 19.9 Å². The molecule has 0 saturated carbocycles. The molecule has 10 aromatic rings. The summed E-state index contributed by atoms with van der Waals surface area (Å²) in [6, 6.07) is 54.9. The second-order valence-corrected chi connectivity index (χ2v) is 14.3. The molecule has 0 fully saturated rings. The lowest BCUT2D eigenvalue weighted by Gasteiger charge is -2.11. The fourth-order valence-corrected chi connectivity index (χ4v) is 9.01. The summed E-state index contributed by atoms with van der Waals surface area (Å²) < 4.78 is 4.62. The molecule has 0 amide bonds. The number of hydrogen-bond donors (Lipinski definition) is 0. The summed E-state index contributed by atoms with van der Waals surface area (Å²) in [7, 11) is 0. The molecule has 4 heterocycles. The second-order valence-electron chi connectivity index (χ2n) is 12.2. The van der Waals surface area contributed by atoms with Gasteiger partial charge in [0.25, 0.3) is 0 Å². The van der Waals surface area contributed by atoms with E-state index in [1.54, 1.807) is 22.7 Å². The number of fused-ring (bicyclic) bond motifs is 6. The van der Waals surface area contributed by atoms with Crippen molar-refractivity contribution in [1.29, 1.82) is 0 Å². The molecule has 0 N–H and O–H groups in total. The van der Waals surface area contributed by atoms with Gasteiger partial charge in [0, 0.05) is 42.4 Å². The normalized spacial score (nSPS) is 11.6. The molecule has 0 aliphatic carbocycles. The summed E-state index contributed by atoms with van der Waals surface area (Å²) in [5.74, 6) is 1.44. The highest BCUT2D eigenvalue weighted by atomic mass is 32.1. The van der Waals surface area contributed by atoms with Crippen LogP contribution < -0.4 is 0 Å². The number of aromatic nitrogens is 4. The molecular weight excluding hydrogens is 649 g/mol. The van der Waals surface area contributed by atoms with Crippen molar-refractivity contribution < 1.29 is 0 Å². The zero-order valence-electron chi connectivity index (χ0n) is 26.6. The minimum atomic E-state index is 0.716. The molecule has 0 bridgehead atoms. The van der Waals surface area contributed by atoms with E-state index in [0.29, 0.717) is 5.82 Å². The highest BCUT2D eigenvalue weighted by Crippen LogP contribution is 2.42. The van der Waals surface area contributed by atoms with Crippen LogP contribution in [0.5, 0.6) is 0 Å². The van der Waals surface area contributed by atoms with Crippen LogP contribution in [-0.2, 0) is 0 Å². The Morgan fingerprint density at radius 3 is 1.34 bits per heavy atom. The zero-order chi connectivity index (χ0) is 33.0. The molecule has 0 aliphatic rings. The Hall–Kier alpha value is -6.08. The Bertz CT molecular complexity index is 2880. The highest BCUT2D eigenvalue weighted by Gasteiger charge is 2.19. The van der Waals surface area contributed by atoms with Gasteiger partial charge >= 0.3 is 0 Å². The van der Waals surface area contributed by atoms with Crippen molar-refractivity contribution in [3.05, 3.63) is 158 Å². The third kappa shape index (κ3) is 4.88. The summed E-state index contributed by atoms with van der Waals surface area (Å²) in [4.78, 5) is 20.7. The molecule has 4 aromatic heterocycles. The van der Waals surface area contributed by atoms with Gasteiger partial charge in [-0.15, -0.1) is 22.7 Å². The maximum absolute atomic E-state index is 5.21. The number of nitrogens with zero attached hydrogens (tertiary/aromatic N) is 4. The smallest absolute Gasteiger partial charge is 0.160 e. The molecule has 10 rings (SSSR count). The number of rotatable bonds is 5. The summed E-state index contributed by atoms with van der Waals surface area (Å²) >= 11 is 3.50. The van der Waals surface area contributed by atoms with Crippen LogP contribution in [0.25, 0.3) is 97.0 Å². The van der Waals surface area contributed by atoms with E-state index < -0.39 is 0 Å². The lowest BCUT2D eigenvalue weighted by molar-refractivity contribution is 1.24. The molecule has 234 valence electrons. The first-order valence-corrected chi connectivity index (χ1v) is 18.1. The van der Waals surface area contributed by atoms with Gasteiger partial charge in [-0.1, -0.05) is 133 Å². The molecule has 0 atom stereocenters. The van der Waals surface area contributed by atoms with Gasteiger partial charge < -0.3 is 0 Å². The van der Waals surface area contributed by atoms with E-state index in [9.17, 15) is 0 Å². The van der Waals surface area contributed by atoms with Gasteiger partial charge in [0.1, 0.15) is 0 Å². The Morgan fingerprint density at radius 1 is 0.320 bits per heavy atom. The van der Waals surface area contributed by atoms with Gasteiger partial charge in [0.2, 0.25) is 0 Å². The Morgan fingerprint density at radius 2 is 0.740 bits per heavy atom. The van der Waals surface area contributed by atoms with Crippen LogP contribution in [0.3, 0.4) is 0 Å². The fraction of sp³-hybridized carbons (Fsp3) is 0. The third-order valence-electron chi connectivity index (χ3n) is 9.11. The molecule has 0 saturated heterocycles. The average Bonchev–Trinajstić information content (AvgIpc) is 3.76. The SMILES string of the molecule is c1ccc(-c2nc(-c3cccc(-c4cccc(-c5nc(-c6ccccc6)c6sc7ccccc7c6n5)c4)c3)c3sc4ccccc4c3n2)cc1. The van der Waals surface area contributed by atoms with E-state index in [0.717, 1.165) is 81.8 Å². The van der Waals surface area contributed by atoms with Gasteiger partial charge in [-0.05, 0) is 35.4 Å². The maximum Gasteiger partial charge on any atom is 0.160 e. The van der Waals surface area contributed by atoms with E-state index in [4.69, 9.17) is 19.9 Å². The van der Waals surface area contributed by atoms with Crippen molar-refractivity contribution in [2.24, 2.45) is 0 Å². The van der Waals surface area contributed by atoms with Crippen molar-refractivity contribution in [2.45, 2.75) is 0 Å². The molecular formula is C44H26N4S2. The molecule has 0 aliphatic heterocycles. The molecule has 0 spiro atoms. The fourth-order valence-electron chi connectivity index (χ4n) is 6.70. The van der Waals surface area contributed by atoms with Gasteiger partial charge in [-0.3, -0.25) is 0 Å². The molecule has 0 radical (unpaired) electrons. The quantitative estimate of drug-likeness (QED) is 0.182. The molecule has 6 heteroatoms. The second kappa shape index (κ2) is 11.8. The summed E-state index contributed by atoms with van der Waals surface area (Å²) in [5.41, 5.74) is 10.2. The Balaban J connectivity index is 1.12. The first kappa shape index (κ1) is 28.9. The lowest BCUT2D eigenvalue weighted by Crippen LogP contribution is -1.94. The van der Waals surface area contributed by atoms with E-state index >= 15 is 0 Å². The predicted molar refractivity (Wildman–Crippen MR) is 211 cm³/mol. The van der Waals surface area contributed by atoms with Crippen molar-refractivity contribution >= 4 is 63.3 Å². The van der Waals surface area contributed by atoms with Gasteiger partial charge in [0.15, 0.2) is 11.6 Å². The topological polar surface area (TPSA) is 51.6 Å². The maximum atomic E-state index is 5.21. The van der Waals surface area contributed by atoms with Crippen LogP contribution >= 0.6 is 22.7 Å². The molecule has 0 unspecified atom stereocenters. The monoisotopic (exact) mass is 674 g/mol. The minimum Gasteiger partial charge on any atom is -0.226 e. The zero-order valence-corrected chi connectivity index (χ0v) is 28.2. The summed E-state index contributed by atoms with van der Waals surface area (Å²) in [6.45, 7) is 0. The van der Waals surface area contributed by atoms with E-state index in [1.165, 1.54) is 9.40 Å². The largest absolute Gasteiger partial charge is 0.226 e. The van der Waals surface area contributed by atoms with Crippen LogP contribution in [0, 0.1) is 0 Å². The number of thiophene rings is 2. The van der Waals surface area contributed by atoms with Crippen LogP contribution in [0.15, 0.2) is 158 Å². The Kier molecular flexibility index (Phi) is 6.82. The molecule has 4 nitrogen and oxygen atoms in total. The number of hydrogen-bond acceptors (Lipinski definition) is 6. The van der Waals surface area contributed by atoms with Crippen LogP contribution in [0.4, 0.5) is 0 Å². The minimum absolute atomic E-state index is 0.716. The van der Waals surface area contributed by atoms with Crippen LogP contribution in [-0.4, -0.2) is 19.9 Å². The average molecular weight is 675 g/mol. The van der Waals surface area contributed by atoms with Crippen molar-refractivity contribution in [2.75, 3.05) is 0 Å².